The number of aryl methyl sites for hydroxylation is 3. The van der Waals surface area contributed by atoms with Crippen LogP contribution in [0.3, 0.4) is 0 Å². The summed E-state index contributed by atoms with van der Waals surface area (Å²) in [6.07, 6.45) is 1.89. The molecule has 194 valence electrons. The lowest BCUT2D eigenvalue weighted by atomic mass is 9.95. The SMILES string of the molecule is CCn1nc(C)c(C=c2sc3n(c2=O)C(c2ccc(Cl)cc2)C(C(=O)Nc2ccccc2C)=C(C)N=3)c1C. The third-order valence-electron chi connectivity index (χ3n) is 6.86. The van der Waals surface area contributed by atoms with Crippen LogP contribution in [0.5, 0.6) is 0 Å². The zero-order chi connectivity index (χ0) is 27.1. The van der Waals surface area contributed by atoms with Crippen molar-refractivity contribution in [1.29, 1.82) is 0 Å². The van der Waals surface area contributed by atoms with Gasteiger partial charge in [-0.25, -0.2) is 4.99 Å². The summed E-state index contributed by atoms with van der Waals surface area (Å²) in [5.74, 6) is -0.300. The molecule has 38 heavy (non-hydrogen) atoms. The Balaban J connectivity index is 1.69. The largest absolute Gasteiger partial charge is 0.322 e. The van der Waals surface area contributed by atoms with Crippen LogP contribution in [0.1, 0.15) is 48.0 Å². The van der Waals surface area contributed by atoms with Crippen molar-refractivity contribution >= 4 is 40.6 Å². The molecule has 3 heterocycles. The smallest absolute Gasteiger partial charge is 0.271 e. The molecule has 1 N–H and O–H groups in total. The predicted molar refractivity (Wildman–Crippen MR) is 152 cm³/mol. The van der Waals surface area contributed by atoms with E-state index in [1.54, 1.807) is 16.7 Å². The summed E-state index contributed by atoms with van der Waals surface area (Å²) in [5.41, 5.74) is 5.99. The van der Waals surface area contributed by atoms with Crippen LogP contribution >= 0.6 is 22.9 Å². The van der Waals surface area contributed by atoms with Crippen molar-refractivity contribution in [2.24, 2.45) is 4.99 Å². The summed E-state index contributed by atoms with van der Waals surface area (Å²) < 4.78 is 4.08. The monoisotopic (exact) mass is 545 g/mol. The number of benzene rings is 2. The molecule has 1 amide bonds. The number of allylic oxidation sites excluding steroid dienone is 1. The highest BCUT2D eigenvalue weighted by Gasteiger charge is 2.32. The van der Waals surface area contributed by atoms with Gasteiger partial charge in [0.1, 0.15) is 0 Å². The van der Waals surface area contributed by atoms with Gasteiger partial charge in [0.25, 0.3) is 11.5 Å². The van der Waals surface area contributed by atoms with E-state index in [2.05, 4.69) is 10.4 Å². The van der Waals surface area contributed by atoms with Gasteiger partial charge < -0.3 is 5.32 Å². The molecule has 0 fully saturated rings. The molecule has 0 saturated heterocycles. The fourth-order valence-corrected chi connectivity index (χ4v) is 5.99. The maximum absolute atomic E-state index is 13.9. The second-order valence-electron chi connectivity index (χ2n) is 9.30. The van der Waals surface area contributed by atoms with E-state index in [-0.39, 0.29) is 11.5 Å². The molecule has 2 aromatic carbocycles. The lowest BCUT2D eigenvalue weighted by Crippen LogP contribution is -2.40. The highest BCUT2D eigenvalue weighted by atomic mass is 35.5. The molecule has 1 atom stereocenters. The van der Waals surface area contributed by atoms with Gasteiger partial charge in [0.05, 0.1) is 27.5 Å². The van der Waals surface area contributed by atoms with Gasteiger partial charge in [0.2, 0.25) is 0 Å². The molecule has 1 aliphatic rings. The van der Waals surface area contributed by atoms with Crippen LogP contribution in [0.25, 0.3) is 6.08 Å². The number of hydrogen-bond acceptors (Lipinski definition) is 5. The fourth-order valence-electron chi connectivity index (χ4n) is 4.83. The van der Waals surface area contributed by atoms with Crippen LogP contribution in [0.2, 0.25) is 5.02 Å². The van der Waals surface area contributed by atoms with Gasteiger partial charge >= 0.3 is 0 Å². The number of para-hydroxylation sites is 1. The van der Waals surface area contributed by atoms with E-state index >= 15 is 0 Å². The maximum Gasteiger partial charge on any atom is 0.271 e. The summed E-state index contributed by atoms with van der Waals surface area (Å²) in [5, 5.41) is 8.19. The summed E-state index contributed by atoms with van der Waals surface area (Å²) in [4.78, 5) is 32.9. The Labute approximate surface area is 229 Å². The van der Waals surface area contributed by atoms with E-state index in [0.29, 0.717) is 31.3 Å². The Bertz CT molecular complexity index is 1780. The van der Waals surface area contributed by atoms with Crippen molar-refractivity contribution in [3.8, 4) is 0 Å². The number of nitrogens with one attached hydrogen (secondary N) is 1. The van der Waals surface area contributed by atoms with Crippen LogP contribution in [0.4, 0.5) is 5.69 Å². The lowest BCUT2D eigenvalue weighted by molar-refractivity contribution is -0.113. The Morgan fingerprint density at radius 1 is 1.11 bits per heavy atom. The molecule has 0 bridgehead atoms. The standard InChI is InChI=1S/C29H28ClN5O2S/c1-6-34-19(5)22(17(3)33-34)15-24-28(37)35-26(20-11-13-21(30)14-12-20)25(18(4)31-29(35)38-24)27(36)32-23-10-8-7-9-16(23)2/h7-15,26H,6H2,1-5H3,(H,32,36). The number of thiazole rings is 1. The minimum atomic E-state index is -0.657. The summed E-state index contributed by atoms with van der Waals surface area (Å²) in [7, 11) is 0. The molecule has 0 aliphatic carbocycles. The third kappa shape index (κ3) is 4.54. The first kappa shape index (κ1) is 25.9. The van der Waals surface area contributed by atoms with Crippen LogP contribution in [0, 0.1) is 20.8 Å². The van der Waals surface area contributed by atoms with Crippen LogP contribution < -0.4 is 20.2 Å². The highest BCUT2D eigenvalue weighted by Crippen LogP contribution is 2.31. The Morgan fingerprint density at radius 3 is 2.47 bits per heavy atom. The molecule has 0 saturated carbocycles. The van der Waals surface area contributed by atoms with Gasteiger partial charge in [-0.2, -0.15) is 5.10 Å². The lowest BCUT2D eigenvalue weighted by Gasteiger charge is -2.25. The van der Waals surface area contributed by atoms with E-state index in [4.69, 9.17) is 16.6 Å². The van der Waals surface area contributed by atoms with Gasteiger partial charge in [-0.3, -0.25) is 18.8 Å². The Hall–Kier alpha value is -3.75. The van der Waals surface area contributed by atoms with E-state index in [0.717, 1.165) is 34.6 Å². The second-order valence-corrected chi connectivity index (χ2v) is 10.7. The van der Waals surface area contributed by atoms with E-state index in [1.165, 1.54) is 11.3 Å². The molecule has 7 nitrogen and oxygen atoms in total. The summed E-state index contributed by atoms with van der Waals surface area (Å²) >= 11 is 7.50. The minimum absolute atomic E-state index is 0.203. The topological polar surface area (TPSA) is 81.3 Å². The first-order valence-electron chi connectivity index (χ1n) is 12.4. The van der Waals surface area contributed by atoms with Crippen LogP contribution in [-0.4, -0.2) is 20.3 Å². The van der Waals surface area contributed by atoms with Gasteiger partial charge in [-0.05, 0) is 70.0 Å². The molecular formula is C29H28ClN5O2S. The fraction of sp³-hybridized carbons (Fsp3) is 0.241. The highest BCUT2D eigenvalue weighted by molar-refractivity contribution is 7.07. The number of nitrogens with zero attached hydrogens (tertiary/aromatic N) is 4. The summed E-state index contributed by atoms with van der Waals surface area (Å²) in [6, 6.07) is 14.2. The average molecular weight is 546 g/mol. The van der Waals surface area contributed by atoms with Crippen molar-refractivity contribution in [3.05, 3.63) is 113 Å². The summed E-state index contributed by atoms with van der Waals surface area (Å²) in [6.45, 7) is 10.5. The zero-order valence-electron chi connectivity index (χ0n) is 21.9. The minimum Gasteiger partial charge on any atom is -0.322 e. The number of fused-ring (bicyclic) bond motifs is 1. The normalized spacial score (nSPS) is 15.4. The van der Waals surface area contributed by atoms with E-state index in [9.17, 15) is 9.59 Å². The average Bonchev–Trinajstić information content (AvgIpc) is 3.35. The van der Waals surface area contributed by atoms with Crippen molar-refractivity contribution in [2.45, 2.75) is 47.2 Å². The molecule has 4 aromatic rings. The molecular weight excluding hydrogens is 518 g/mol. The third-order valence-corrected chi connectivity index (χ3v) is 8.09. The van der Waals surface area contributed by atoms with Gasteiger partial charge in [0, 0.05) is 28.5 Å². The van der Waals surface area contributed by atoms with Gasteiger partial charge in [-0.1, -0.05) is 53.3 Å². The Morgan fingerprint density at radius 2 is 1.82 bits per heavy atom. The number of carbonyl (C=O) groups excluding carboxylic acids is 1. The van der Waals surface area contributed by atoms with Gasteiger partial charge in [0.15, 0.2) is 4.80 Å². The van der Waals surface area contributed by atoms with Crippen LogP contribution in [-0.2, 0) is 11.3 Å². The van der Waals surface area contributed by atoms with Crippen LogP contribution in [0.15, 0.2) is 69.6 Å². The second kappa shape index (κ2) is 10.2. The molecule has 0 radical (unpaired) electrons. The first-order chi connectivity index (χ1) is 18.2. The van der Waals surface area contributed by atoms with E-state index < -0.39 is 6.04 Å². The first-order valence-corrected chi connectivity index (χ1v) is 13.6. The van der Waals surface area contributed by atoms with E-state index in [1.807, 2.05) is 81.8 Å². The number of anilines is 1. The number of rotatable bonds is 5. The van der Waals surface area contributed by atoms with Crippen molar-refractivity contribution < 1.29 is 4.79 Å². The molecule has 5 rings (SSSR count). The predicted octanol–water partition coefficient (Wildman–Crippen LogP) is 4.67. The molecule has 1 aliphatic heterocycles. The van der Waals surface area contributed by atoms with Crippen molar-refractivity contribution in [2.75, 3.05) is 5.32 Å². The number of hydrogen-bond donors (Lipinski definition) is 1. The van der Waals surface area contributed by atoms with Crippen molar-refractivity contribution in [1.82, 2.24) is 14.3 Å². The van der Waals surface area contributed by atoms with Crippen molar-refractivity contribution in [3.63, 3.8) is 0 Å². The quantitative estimate of drug-likeness (QED) is 0.396. The Kier molecular flexibility index (Phi) is 6.94. The van der Waals surface area contributed by atoms with Gasteiger partial charge in [-0.15, -0.1) is 0 Å². The maximum atomic E-state index is 13.9. The molecule has 9 heteroatoms. The molecule has 1 unspecified atom stereocenters. The number of amides is 1. The zero-order valence-corrected chi connectivity index (χ0v) is 23.4. The number of carbonyl (C=O) groups is 1. The molecule has 2 aromatic heterocycles. The number of halogens is 1. The number of aromatic nitrogens is 3. The molecule has 0 spiro atoms.